The number of aromatic amines is 1. The highest BCUT2D eigenvalue weighted by Crippen LogP contribution is 2.38. The lowest BCUT2D eigenvalue weighted by Crippen LogP contribution is -2.39. The Bertz CT molecular complexity index is 1080. The van der Waals surface area contributed by atoms with Crippen LogP contribution in [0.3, 0.4) is 0 Å². The van der Waals surface area contributed by atoms with Gasteiger partial charge in [-0.05, 0) is 31.4 Å². The van der Waals surface area contributed by atoms with Gasteiger partial charge in [-0.25, -0.2) is 9.97 Å². The SMILES string of the molecule is NC1CCC2OC1CC2Nc1nc2ncc(Sc3cccnc3C(F)(F)F)nc2[nH]1. The van der Waals surface area contributed by atoms with Crippen molar-refractivity contribution in [1.82, 2.24) is 24.9 Å². The van der Waals surface area contributed by atoms with Crippen LogP contribution in [0.25, 0.3) is 11.3 Å². The van der Waals surface area contributed by atoms with Crippen molar-refractivity contribution in [3.05, 3.63) is 30.2 Å². The van der Waals surface area contributed by atoms with Crippen LogP contribution >= 0.6 is 11.8 Å². The minimum Gasteiger partial charge on any atom is -0.371 e. The first-order valence-corrected chi connectivity index (χ1v) is 10.3. The summed E-state index contributed by atoms with van der Waals surface area (Å²) < 4.78 is 45.4. The van der Waals surface area contributed by atoms with E-state index in [4.69, 9.17) is 10.5 Å². The number of imidazole rings is 1. The zero-order chi connectivity index (χ0) is 20.9. The van der Waals surface area contributed by atoms with Gasteiger partial charge in [-0.15, -0.1) is 0 Å². The molecular formula is C18H18F3N7OS. The van der Waals surface area contributed by atoms with Crippen LogP contribution < -0.4 is 11.1 Å². The number of ether oxygens (including phenoxy) is 1. The number of pyridine rings is 1. The van der Waals surface area contributed by atoms with E-state index in [2.05, 4.69) is 30.2 Å². The lowest BCUT2D eigenvalue weighted by molar-refractivity contribution is -0.143. The van der Waals surface area contributed by atoms with Crippen molar-refractivity contribution < 1.29 is 17.9 Å². The van der Waals surface area contributed by atoms with Crippen LogP contribution in [0.2, 0.25) is 0 Å². The summed E-state index contributed by atoms with van der Waals surface area (Å²) in [5.41, 5.74) is 5.89. The second-order valence-electron chi connectivity index (χ2n) is 7.36. The summed E-state index contributed by atoms with van der Waals surface area (Å²) in [5.74, 6) is 0.499. The number of aromatic nitrogens is 5. The molecule has 8 nitrogen and oxygen atoms in total. The number of hydrogen-bond donors (Lipinski definition) is 3. The van der Waals surface area contributed by atoms with E-state index in [1.54, 1.807) is 0 Å². The molecule has 4 atom stereocenters. The quantitative estimate of drug-likeness (QED) is 0.571. The predicted molar refractivity (Wildman–Crippen MR) is 103 cm³/mol. The molecule has 0 aliphatic carbocycles. The topological polar surface area (TPSA) is 115 Å². The van der Waals surface area contributed by atoms with Crippen molar-refractivity contribution in [2.75, 3.05) is 5.32 Å². The van der Waals surface area contributed by atoms with Gasteiger partial charge in [0.1, 0.15) is 5.03 Å². The largest absolute Gasteiger partial charge is 0.434 e. The Kier molecular flexibility index (Phi) is 4.79. The van der Waals surface area contributed by atoms with Crippen molar-refractivity contribution in [3.8, 4) is 0 Å². The average Bonchev–Trinajstić information content (AvgIpc) is 3.25. The molecule has 158 valence electrons. The molecule has 3 aromatic heterocycles. The smallest absolute Gasteiger partial charge is 0.371 e. The number of nitrogens with one attached hydrogen (secondary N) is 2. The lowest BCUT2D eigenvalue weighted by atomic mass is 10.1. The number of nitrogens with zero attached hydrogens (tertiary/aromatic N) is 4. The average molecular weight is 437 g/mol. The number of alkyl halides is 3. The Hall–Kier alpha value is -2.44. The van der Waals surface area contributed by atoms with Crippen molar-refractivity contribution in [1.29, 1.82) is 0 Å². The van der Waals surface area contributed by atoms with Gasteiger partial charge >= 0.3 is 6.18 Å². The third kappa shape index (κ3) is 3.70. The number of halogens is 3. The van der Waals surface area contributed by atoms with Gasteiger partial charge in [0.2, 0.25) is 5.95 Å². The van der Waals surface area contributed by atoms with Crippen LogP contribution in [0.15, 0.2) is 34.4 Å². The fourth-order valence-electron chi connectivity index (χ4n) is 3.89. The summed E-state index contributed by atoms with van der Waals surface area (Å²) in [6, 6.07) is 2.95. The van der Waals surface area contributed by atoms with Gasteiger partial charge in [0.15, 0.2) is 17.0 Å². The van der Waals surface area contributed by atoms with E-state index in [0.29, 0.717) is 22.3 Å². The third-order valence-electron chi connectivity index (χ3n) is 5.31. The summed E-state index contributed by atoms with van der Waals surface area (Å²) in [5, 5.41) is 3.64. The number of H-pyrrole nitrogens is 1. The molecule has 0 saturated carbocycles. The number of anilines is 1. The molecule has 0 radical (unpaired) electrons. The molecule has 2 aliphatic heterocycles. The van der Waals surface area contributed by atoms with Crippen LogP contribution in [-0.2, 0) is 10.9 Å². The zero-order valence-electron chi connectivity index (χ0n) is 15.6. The summed E-state index contributed by atoms with van der Waals surface area (Å²) in [6.45, 7) is 0. The van der Waals surface area contributed by atoms with Crippen LogP contribution in [0.1, 0.15) is 25.0 Å². The molecule has 3 aromatic rings. The Morgan fingerprint density at radius 1 is 1.20 bits per heavy atom. The molecule has 2 fully saturated rings. The highest BCUT2D eigenvalue weighted by Gasteiger charge is 2.42. The van der Waals surface area contributed by atoms with E-state index < -0.39 is 11.9 Å². The van der Waals surface area contributed by atoms with Gasteiger partial charge in [-0.2, -0.15) is 18.2 Å². The summed E-state index contributed by atoms with van der Waals surface area (Å²) in [7, 11) is 0. The lowest BCUT2D eigenvalue weighted by Gasteiger charge is -2.26. The first kappa shape index (κ1) is 19.5. The predicted octanol–water partition coefficient (Wildman–Crippen LogP) is 2.98. The Morgan fingerprint density at radius 2 is 2.07 bits per heavy atom. The van der Waals surface area contributed by atoms with E-state index in [9.17, 15) is 13.2 Å². The molecule has 4 N–H and O–H groups in total. The van der Waals surface area contributed by atoms with Crippen molar-refractivity contribution in [2.24, 2.45) is 5.73 Å². The molecule has 4 unspecified atom stereocenters. The van der Waals surface area contributed by atoms with Crippen LogP contribution in [0, 0.1) is 0 Å². The first-order valence-electron chi connectivity index (χ1n) is 9.47. The highest BCUT2D eigenvalue weighted by atomic mass is 32.2. The maximum absolute atomic E-state index is 13.2. The van der Waals surface area contributed by atoms with Crippen LogP contribution in [0.4, 0.5) is 19.1 Å². The summed E-state index contributed by atoms with van der Waals surface area (Å²) >= 11 is 0.853. The molecule has 12 heteroatoms. The first-order chi connectivity index (χ1) is 14.4. The fourth-order valence-corrected chi connectivity index (χ4v) is 4.77. The molecule has 0 amide bonds. The minimum atomic E-state index is -4.55. The van der Waals surface area contributed by atoms with Gasteiger partial charge in [-0.3, -0.25) is 4.98 Å². The number of rotatable bonds is 4. The Labute approximate surface area is 173 Å². The number of nitrogens with two attached hydrogens (primary N) is 1. The number of fused-ring (bicyclic) bond motifs is 3. The Morgan fingerprint density at radius 3 is 2.87 bits per heavy atom. The Balaban J connectivity index is 1.35. The second kappa shape index (κ2) is 7.36. The zero-order valence-corrected chi connectivity index (χ0v) is 16.4. The summed E-state index contributed by atoms with van der Waals surface area (Å²) in [6.07, 6.45) is 0.722. The van der Waals surface area contributed by atoms with E-state index in [1.807, 2.05) is 0 Å². The van der Waals surface area contributed by atoms with Gasteiger partial charge in [0.05, 0.1) is 24.4 Å². The van der Waals surface area contributed by atoms with Crippen LogP contribution in [0.5, 0.6) is 0 Å². The van der Waals surface area contributed by atoms with Crippen molar-refractivity contribution >= 4 is 29.0 Å². The van der Waals surface area contributed by atoms with E-state index >= 15 is 0 Å². The van der Waals surface area contributed by atoms with Crippen LogP contribution in [-0.4, -0.2) is 49.2 Å². The molecular weight excluding hydrogens is 419 g/mol. The molecule has 5 rings (SSSR count). The maximum Gasteiger partial charge on any atom is 0.434 e. The molecule has 2 bridgehead atoms. The monoisotopic (exact) mass is 437 g/mol. The molecule has 30 heavy (non-hydrogen) atoms. The minimum absolute atomic E-state index is 0.0387. The molecule has 2 aliphatic rings. The normalized spacial score (nSPS) is 26.3. The van der Waals surface area contributed by atoms with Gasteiger partial charge in [0.25, 0.3) is 0 Å². The van der Waals surface area contributed by atoms with Gasteiger partial charge < -0.3 is 20.8 Å². The third-order valence-corrected chi connectivity index (χ3v) is 6.26. The van der Waals surface area contributed by atoms with E-state index in [0.717, 1.165) is 37.2 Å². The fraction of sp³-hybridized carbons (Fsp3) is 0.444. The number of hydrogen-bond acceptors (Lipinski definition) is 8. The van der Waals surface area contributed by atoms with Gasteiger partial charge in [-0.1, -0.05) is 11.8 Å². The maximum atomic E-state index is 13.2. The standard InChI is InChI=1S/C18H18F3N7OS/c19-18(20,21)14-12(2-1-5-23-14)30-13-7-24-15-16(26-13)28-17(27-15)25-9-6-11-8(22)3-4-10(9)29-11/h1-2,5,7-11H,3-4,6,22H2,(H2,24,25,26,27,28). The highest BCUT2D eigenvalue weighted by molar-refractivity contribution is 7.99. The van der Waals surface area contributed by atoms with E-state index in [1.165, 1.54) is 18.3 Å². The molecule has 5 heterocycles. The van der Waals surface area contributed by atoms with Crippen molar-refractivity contribution in [3.63, 3.8) is 0 Å². The second-order valence-corrected chi connectivity index (χ2v) is 8.42. The van der Waals surface area contributed by atoms with Gasteiger partial charge in [0, 0.05) is 17.1 Å². The molecule has 2 saturated heterocycles. The van der Waals surface area contributed by atoms with Crippen molar-refractivity contribution in [2.45, 2.75) is 59.7 Å². The van der Waals surface area contributed by atoms with E-state index in [-0.39, 0.29) is 29.2 Å². The molecule has 0 aromatic carbocycles. The summed E-state index contributed by atoms with van der Waals surface area (Å²) in [4.78, 5) is 19.4. The molecule has 0 spiro atoms.